The summed E-state index contributed by atoms with van der Waals surface area (Å²) < 4.78 is 14.9. The lowest BCUT2D eigenvalue weighted by atomic mass is 10.1. The van der Waals surface area contributed by atoms with E-state index in [2.05, 4.69) is 4.74 Å². The van der Waals surface area contributed by atoms with Gasteiger partial charge in [-0.2, -0.15) is 0 Å². The zero-order valence-corrected chi connectivity index (χ0v) is 12.0. The molecule has 0 N–H and O–H groups in total. The molecule has 0 aliphatic heterocycles. The van der Waals surface area contributed by atoms with Gasteiger partial charge in [-0.15, -0.1) is 0 Å². The van der Waals surface area contributed by atoms with E-state index in [9.17, 15) is 9.59 Å². The number of halogens is 1. The van der Waals surface area contributed by atoms with Crippen LogP contribution in [0.2, 0.25) is 5.02 Å². The molecule has 0 aliphatic rings. The minimum atomic E-state index is -0.978. The second kappa shape index (κ2) is 6.43. The van der Waals surface area contributed by atoms with Gasteiger partial charge in [-0.1, -0.05) is 11.6 Å². The van der Waals surface area contributed by atoms with Gasteiger partial charge in [-0.05, 0) is 25.5 Å². The van der Waals surface area contributed by atoms with Gasteiger partial charge in [-0.3, -0.25) is 4.79 Å². The number of carbonyl (C=O) groups is 2. The largest absolute Gasteiger partial charge is 0.496 e. The first-order valence-electron chi connectivity index (χ1n) is 5.60. The summed E-state index contributed by atoms with van der Waals surface area (Å²) in [6, 6.07) is 1.58. The zero-order valence-electron chi connectivity index (χ0n) is 11.2. The molecule has 0 spiro atoms. The summed E-state index contributed by atoms with van der Waals surface area (Å²) in [5, 5.41) is 0.0393. The summed E-state index contributed by atoms with van der Waals surface area (Å²) in [5.74, 6) is -1.30. The van der Waals surface area contributed by atoms with E-state index < -0.39 is 11.8 Å². The van der Waals surface area contributed by atoms with Gasteiger partial charge < -0.3 is 14.2 Å². The summed E-state index contributed by atoms with van der Waals surface area (Å²) in [6.07, 6.45) is 0. The molecule has 19 heavy (non-hydrogen) atoms. The van der Waals surface area contributed by atoms with Crippen LogP contribution in [0, 0.1) is 6.92 Å². The van der Waals surface area contributed by atoms with E-state index in [0.717, 1.165) is 0 Å². The molecule has 6 heteroatoms. The van der Waals surface area contributed by atoms with E-state index in [1.807, 2.05) is 0 Å². The van der Waals surface area contributed by atoms with Crippen molar-refractivity contribution in [2.75, 3.05) is 20.8 Å². The van der Waals surface area contributed by atoms with Gasteiger partial charge >= 0.3 is 5.97 Å². The zero-order chi connectivity index (χ0) is 14.6. The lowest BCUT2D eigenvalue weighted by Crippen LogP contribution is -2.19. The van der Waals surface area contributed by atoms with Crippen LogP contribution in [0.1, 0.15) is 22.8 Å². The molecule has 5 nitrogen and oxygen atoms in total. The molecule has 0 fully saturated rings. The van der Waals surface area contributed by atoms with Crippen molar-refractivity contribution in [1.82, 2.24) is 0 Å². The van der Waals surface area contributed by atoms with Crippen molar-refractivity contribution in [2.24, 2.45) is 0 Å². The molecular formula is C13H15ClO5. The fourth-order valence-corrected chi connectivity index (χ4v) is 2.06. The Kier molecular flexibility index (Phi) is 5.18. The Morgan fingerprint density at radius 1 is 1.26 bits per heavy atom. The van der Waals surface area contributed by atoms with E-state index in [1.54, 1.807) is 19.9 Å². The highest BCUT2D eigenvalue weighted by atomic mass is 35.5. The molecule has 0 unspecified atom stereocenters. The Morgan fingerprint density at radius 3 is 2.37 bits per heavy atom. The summed E-state index contributed by atoms with van der Waals surface area (Å²) in [4.78, 5) is 23.5. The average molecular weight is 287 g/mol. The number of ether oxygens (including phenoxy) is 3. The molecular weight excluding hydrogens is 272 g/mol. The molecule has 0 amide bonds. The molecule has 1 aromatic rings. The molecule has 0 aliphatic carbocycles. The number of benzene rings is 1. The summed E-state index contributed by atoms with van der Waals surface area (Å²) in [7, 11) is 2.82. The molecule has 0 aromatic heterocycles. The lowest BCUT2D eigenvalue weighted by Gasteiger charge is -2.14. The molecule has 104 valence electrons. The maximum Gasteiger partial charge on any atom is 0.379 e. The van der Waals surface area contributed by atoms with E-state index in [1.165, 1.54) is 14.2 Å². The second-order valence-electron chi connectivity index (χ2n) is 3.67. The average Bonchev–Trinajstić information content (AvgIpc) is 2.38. The predicted octanol–water partition coefficient (Wildman–Crippen LogP) is 2.41. The van der Waals surface area contributed by atoms with Gasteiger partial charge in [0.25, 0.3) is 5.78 Å². The summed E-state index contributed by atoms with van der Waals surface area (Å²) in [5.41, 5.74) is 0.648. The third kappa shape index (κ3) is 2.98. The van der Waals surface area contributed by atoms with Crippen LogP contribution >= 0.6 is 11.6 Å². The highest BCUT2D eigenvalue weighted by Gasteiger charge is 2.27. The van der Waals surface area contributed by atoms with Gasteiger partial charge in [0, 0.05) is 0 Å². The first kappa shape index (κ1) is 15.3. The van der Waals surface area contributed by atoms with Gasteiger partial charge in [0.2, 0.25) is 0 Å². The number of rotatable bonds is 5. The van der Waals surface area contributed by atoms with Gasteiger partial charge in [0.05, 0.1) is 31.4 Å². The van der Waals surface area contributed by atoms with Crippen LogP contribution in [-0.4, -0.2) is 32.6 Å². The standard InChI is InChI=1S/C13H15ClO5/c1-5-19-13(16)11(15)9-8(17-3)6-7(2)12(18-4)10(9)14/h6H,5H2,1-4H3. The number of ketones is 1. The minimum absolute atomic E-state index is 0.0393. The molecule has 0 bridgehead atoms. The van der Waals surface area contributed by atoms with E-state index in [4.69, 9.17) is 21.1 Å². The third-order valence-corrected chi connectivity index (χ3v) is 2.84. The number of esters is 1. The van der Waals surface area contributed by atoms with Crippen LogP contribution in [0.5, 0.6) is 11.5 Å². The Hall–Kier alpha value is -1.75. The minimum Gasteiger partial charge on any atom is -0.496 e. The van der Waals surface area contributed by atoms with Crippen LogP contribution in [0.15, 0.2) is 6.07 Å². The molecule has 0 heterocycles. The maximum atomic E-state index is 12.0. The van der Waals surface area contributed by atoms with Crippen molar-refractivity contribution >= 4 is 23.4 Å². The quantitative estimate of drug-likeness (QED) is 0.472. The number of methoxy groups -OCH3 is 2. The van der Waals surface area contributed by atoms with E-state index in [0.29, 0.717) is 11.3 Å². The highest BCUT2D eigenvalue weighted by Crippen LogP contribution is 2.38. The fraction of sp³-hybridized carbons (Fsp3) is 0.385. The van der Waals surface area contributed by atoms with Crippen molar-refractivity contribution in [1.29, 1.82) is 0 Å². The third-order valence-electron chi connectivity index (χ3n) is 2.48. The maximum absolute atomic E-state index is 12.0. The number of hydrogen-bond acceptors (Lipinski definition) is 5. The molecule has 1 aromatic carbocycles. The first-order chi connectivity index (χ1) is 8.97. The van der Waals surface area contributed by atoms with Gasteiger partial charge in [0.1, 0.15) is 11.5 Å². The second-order valence-corrected chi connectivity index (χ2v) is 4.05. The number of Topliss-reactive ketones (excluding diaryl/α,β-unsaturated/α-hetero) is 1. The summed E-state index contributed by atoms with van der Waals surface area (Å²) in [6.45, 7) is 3.47. The van der Waals surface area contributed by atoms with Crippen molar-refractivity contribution in [3.05, 3.63) is 22.2 Å². The van der Waals surface area contributed by atoms with Gasteiger partial charge in [-0.25, -0.2) is 4.79 Å². The number of hydrogen-bond donors (Lipinski definition) is 0. The van der Waals surface area contributed by atoms with E-state index >= 15 is 0 Å². The molecule has 0 saturated heterocycles. The summed E-state index contributed by atoms with van der Waals surface area (Å²) >= 11 is 6.10. The van der Waals surface area contributed by atoms with Crippen molar-refractivity contribution in [3.63, 3.8) is 0 Å². The van der Waals surface area contributed by atoms with E-state index in [-0.39, 0.29) is 22.9 Å². The SMILES string of the molecule is CCOC(=O)C(=O)c1c(OC)cc(C)c(OC)c1Cl. The molecule has 0 radical (unpaired) electrons. The highest BCUT2D eigenvalue weighted by molar-refractivity contribution is 6.46. The van der Waals surface area contributed by atoms with Crippen LogP contribution < -0.4 is 9.47 Å². The Bertz CT molecular complexity index is 510. The first-order valence-corrected chi connectivity index (χ1v) is 5.98. The Morgan fingerprint density at radius 2 is 1.89 bits per heavy atom. The lowest BCUT2D eigenvalue weighted by molar-refractivity contribution is -0.137. The van der Waals surface area contributed by atoms with Gasteiger partial charge in [0.15, 0.2) is 0 Å². The molecule has 1 rings (SSSR count). The Labute approximate surface area is 116 Å². The Balaban J connectivity index is 3.40. The number of aryl methyl sites for hydroxylation is 1. The van der Waals surface area contributed by atoms with Crippen LogP contribution in [0.3, 0.4) is 0 Å². The van der Waals surface area contributed by atoms with Crippen molar-refractivity contribution < 1.29 is 23.8 Å². The van der Waals surface area contributed by atoms with Crippen molar-refractivity contribution in [2.45, 2.75) is 13.8 Å². The van der Waals surface area contributed by atoms with Crippen LogP contribution in [0.25, 0.3) is 0 Å². The number of carbonyl (C=O) groups excluding carboxylic acids is 2. The molecule has 0 saturated carbocycles. The smallest absolute Gasteiger partial charge is 0.379 e. The fourth-order valence-electron chi connectivity index (χ4n) is 1.65. The monoisotopic (exact) mass is 286 g/mol. The normalized spacial score (nSPS) is 9.95. The molecule has 0 atom stereocenters. The van der Waals surface area contributed by atoms with Crippen LogP contribution in [-0.2, 0) is 9.53 Å². The van der Waals surface area contributed by atoms with Crippen molar-refractivity contribution in [3.8, 4) is 11.5 Å². The van der Waals surface area contributed by atoms with Crippen LogP contribution in [0.4, 0.5) is 0 Å². The predicted molar refractivity (Wildman–Crippen MR) is 70.3 cm³/mol. The topological polar surface area (TPSA) is 61.8 Å².